The third-order valence-corrected chi connectivity index (χ3v) is 6.28. The van der Waals surface area contributed by atoms with Gasteiger partial charge in [0.15, 0.2) is 10.8 Å². The van der Waals surface area contributed by atoms with E-state index >= 15 is 0 Å². The van der Waals surface area contributed by atoms with Crippen LogP contribution in [-0.2, 0) is 19.2 Å². The fourth-order valence-corrected chi connectivity index (χ4v) is 5.01. The Labute approximate surface area is 167 Å². The van der Waals surface area contributed by atoms with Crippen LogP contribution in [0.25, 0.3) is 0 Å². The number of oxime groups is 1. The lowest BCUT2D eigenvalue weighted by Crippen LogP contribution is -2.71. The number of fused-ring (bicyclic) bond motifs is 1. The first kappa shape index (κ1) is 19.5. The zero-order valence-electron chi connectivity index (χ0n) is 13.9. The van der Waals surface area contributed by atoms with E-state index in [-0.39, 0.29) is 28.0 Å². The summed E-state index contributed by atoms with van der Waals surface area (Å²) in [4.78, 5) is 46.5. The zero-order chi connectivity index (χ0) is 19.7. The summed E-state index contributed by atoms with van der Waals surface area (Å²) in [6, 6.07) is -0.878. The minimum absolute atomic E-state index is 0.0673. The molecule has 1 saturated heterocycles. The number of thiazole rings is 1. The second-order valence-corrected chi connectivity index (χ2v) is 7.78. The summed E-state index contributed by atoms with van der Waals surface area (Å²) in [5, 5.41) is 16.9. The van der Waals surface area contributed by atoms with E-state index in [0.29, 0.717) is 11.3 Å². The van der Waals surface area contributed by atoms with Gasteiger partial charge in [-0.2, -0.15) is 12.6 Å². The molecule has 144 valence electrons. The number of aliphatic carboxylic acids is 1. The Kier molecular flexibility index (Phi) is 5.62. The van der Waals surface area contributed by atoms with Crippen LogP contribution >= 0.6 is 35.7 Å². The molecule has 0 aliphatic carbocycles. The molecule has 13 heteroatoms. The number of hydrogen-bond acceptors (Lipinski definition) is 10. The molecule has 0 saturated carbocycles. The number of carbonyl (C=O) groups is 3. The number of thioether (sulfide) groups is 1. The van der Waals surface area contributed by atoms with Crippen LogP contribution in [0.3, 0.4) is 0 Å². The van der Waals surface area contributed by atoms with E-state index in [9.17, 15) is 19.5 Å². The summed E-state index contributed by atoms with van der Waals surface area (Å²) in [5.41, 5.74) is 6.17. The van der Waals surface area contributed by atoms with E-state index in [1.807, 2.05) is 0 Å². The molecular formula is C14H15N5O5S3. The average molecular weight is 430 g/mol. The van der Waals surface area contributed by atoms with Gasteiger partial charge in [-0.1, -0.05) is 5.16 Å². The molecule has 1 fully saturated rings. The van der Waals surface area contributed by atoms with Gasteiger partial charge in [0.25, 0.3) is 11.8 Å². The first-order valence-electron chi connectivity index (χ1n) is 7.53. The maximum atomic E-state index is 12.6. The molecule has 0 radical (unpaired) electrons. The molecule has 0 aromatic carbocycles. The minimum atomic E-state index is -1.19. The van der Waals surface area contributed by atoms with Gasteiger partial charge in [0.1, 0.15) is 29.9 Å². The summed E-state index contributed by atoms with van der Waals surface area (Å²) >= 11 is 6.62. The Morgan fingerprint density at radius 2 is 2.33 bits per heavy atom. The number of nitrogens with zero attached hydrogens (tertiary/aromatic N) is 3. The number of nitrogen functional groups attached to an aromatic ring is 1. The Morgan fingerprint density at radius 3 is 2.89 bits per heavy atom. The van der Waals surface area contributed by atoms with Crippen molar-refractivity contribution in [3.8, 4) is 0 Å². The third-order valence-electron chi connectivity index (χ3n) is 3.89. The van der Waals surface area contributed by atoms with Crippen molar-refractivity contribution in [2.24, 2.45) is 5.16 Å². The number of carbonyl (C=O) groups excluding carboxylic acids is 2. The molecule has 0 spiro atoms. The highest BCUT2D eigenvalue weighted by Gasteiger charge is 2.54. The van der Waals surface area contributed by atoms with Gasteiger partial charge in [0.05, 0.1) is 0 Å². The SMILES string of the molecule is CON=C(C(=O)NC1C(=O)N2C(C(=O)O)=C(CS)CSC12)c1csc(N)n1. The van der Waals surface area contributed by atoms with Crippen molar-refractivity contribution in [3.63, 3.8) is 0 Å². The number of β-lactam (4-membered cyclic amide) rings is 1. The summed E-state index contributed by atoms with van der Waals surface area (Å²) in [5.74, 6) is -1.72. The maximum Gasteiger partial charge on any atom is 0.352 e. The van der Waals surface area contributed by atoms with Crippen LogP contribution in [0.5, 0.6) is 0 Å². The van der Waals surface area contributed by atoms with Crippen LogP contribution in [-0.4, -0.2) is 68.5 Å². The first-order valence-corrected chi connectivity index (χ1v) is 10.1. The molecule has 2 aliphatic heterocycles. The van der Waals surface area contributed by atoms with Gasteiger partial charge in [0, 0.05) is 16.9 Å². The highest BCUT2D eigenvalue weighted by molar-refractivity contribution is 8.00. The van der Waals surface area contributed by atoms with E-state index in [1.165, 1.54) is 23.8 Å². The van der Waals surface area contributed by atoms with Gasteiger partial charge in [-0.25, -0.2) is 9.78 Å². The molecule has 1 aromatic heterocycles. The predicted octanol–water partition coefficient (Wildman–Crippen LogP) is -0.256. The standard InChI is InChI=1S/C14H15N5O5S3/c1-24-18-7(6-4-27-14(15)16-6)10(20)17-8-11(21)19-9(13(22)23)5(2-25)3-26-12(8)19/h4,8,12,25H,2-3H2,1H3,(H2,15,16)(H,17,20)(H,22,23). The summed E-state index contributed by atoms with van der Waals surface area (Å²) in [7, 11) is 1.28. The van der Waals surface area contributed by atoms with Crippen molar-refractivity contribution in [2.75, 3.05) is 24.3 Å². The third kappa shape index (κ3) is 3.49. The molecule has 27 heavy (non-hydrogen) atoms. The number of nitrogens with two attached hydrogens (primary N) is 1. The largest absolute Gasteiger partial charge is 0.477 e. The monoisotopic (exact) mass is 429 g/mol. The van der Waals surface area contributed by atoms with Crippen LogP contribution in [0.1, 0.15) is 5.69 Å². The molecule has 2 aliphatic rings. The molecule has 2 unspecified atom stereocenters. The number of thiol groups is 1. The number of rotatable bonds is 6. The van der Waals surface area contributed by atoms with Crippen molar-refractivity contribution in [3.05, 3.63) is 22.3 Å². The first-order chi connectivity index (χ1) is 12.9. The van der Waals surface area contributed by atoms with Crippen molar-refractivity contribution in [1.82, 2.24) is 15.2 Å². The van der Waals surface area contributed by atoms with Gasteiger partial charge in [0.2, 0.25) is 0 Å². The number of nitrogens with one attached hydrogen (secondary N) is 1. The fraction of sp³-hybridized carbons (Fsp3) is 0.357. The highest BCUT2D eigenvalue weighted by Crippen LogP contribution is 2.40. The van der Waals surface area contributed by atoms with Crippen LogP contribution in [0.4, 0.5) is 5.13 Å². The highest BCUT2D eigenvalue weighted by atomic mass is 32.2. The fourth-order valence-electron chi connectivity index (χ4n) is 2.71. The van der Waals surface area contributed by atoms with Crippen molar-refractivity contribution in [2.45, 2.75) is 11.4 Å². The number of hydrogen-bond donors (Lipinski definition) is 4. The molecule has 10 nitrogen and oxygen atoms in total. The Hall–Kier alpha value is -2.25. The van der Waals surface area contributed by atoms with E-state index in [4.69, 9.17) is 5.73 Å². The molecule has 3 heterocycles. The van der Waals surface area contributed by atoms with Crippen LogP contribution < -0.4 is 11.1 Å². The Morgan fingerprint density at radius 1 is 1.59 bits per heavy atom. The number of anilines is 1. The van der Waals surface area contributed by atoms with Crippen LogP contribution in [0.2, 0.25) is 0 Å². The van der Waals surface area contributed by atoms with Gasteiger partial charge >= 0.3 is 5.97 Å². The summed E-state index contributed by atoms with van der Waals surface area (Å²) in [6.45, 7) is 0. The maximum absolute atomic E-state index is 12.6. The molecule has 0 bridgehead atoms. The van der Waals surface area contributed by atoms with E-state index in [2.05, 4.69) is 32.9 Å². The van der Waals surface area contributed by atoms with Crippen molar-refractivity contribution < 1.29 is 24.3 Å². The molecule has 4 N–H and O–H groups in total. The average Bonchev–Trinajstić information content (AvgIpc) is 3.08. The second-order valence-electron chi connectivity index (χ2n) is 5.47. The molecule has 2 amide bonds. The molecule has 1 aromatic rings. The quantitative estimate of drug-likeness (QED) is 0.209. The molecular weight excluding hydrogens is 414 g/mol. The normalized spacial score (nSPS) is 22.2. The van der Waals surface area contributed by atoms with Gasteiger partial charge in [-0.15, -0.1) is 23.1 Å². The number of amides is 2. The van der Waals surface area contributed by atoms with Gasteiger partial charge in [-0.3, -0.25) is 14.5 Å². The van der Waals surface area contributed by atoms with Gasteiger partial charge < -0.3 is 21.0 Å². The lowest BCUT2D eigenvalue weighted by molar-refractivity contribution is -0.150. The molecule has 2 atom stereocenters. The number of carboxylic acid groups (broad SMARTS) is 1. The summed E-state index contributed by atoms with van der Waals surface area (Å²) < 4.78 is 0. The van der Waals surface area contributed by atoms with Crippen molar-refractivity contribution in [1.29, 1.82) is 0 Å². The lowest BCUT2D eigenvalue weighted by Gasteiger charge is -2.49. The predicted molar refractivity (Wildman–Crippen MR) is 104 cm³/mol. The van der Waals surface area contributed by atoms with E-state index in [1.54, 1.807) is 5.38 Å². The number of aromatic nitrogens is 1. The van der Waals surface area contributed by atoms with Crippen LogP contribution in [0.15, 0.2) is 21.8 Å². The lowest BCUT2D eigenvalue weighted by atomic mass is 10.0. The second kappa shape index (κ2) is 7.78. The Balaban J connectivity index is 1.79. The minimum Gasteiger partial charge on any atom is -0.477 e. The van der Waals surface area contributed by atoms with Gasteiger partial charge in [-0.05, 0) is 5.57 Å². The smallest absolute Gasteiger partial charge is 0.352 e. The topological polar surface area (TPSA) is 147 Å². The Bertz CT molecular complexity index is 867. The van der Waals surface area contributed by atoms with E-state index < -0.39 is 29.2 Å². The van der Waals surface area contributed by atoms with Crippen LogP contribution in [0, 0.1) is 0 Å². The van der Waals surface area contributed by atoms with E-state index in [0.717, 1.165) is 11.3 Å². The zero-order valence-corrected chi connectivity index (χ0v) is 16.4. The summed E-state index contributed by atoms with van der Waals surface area (Å²) in [6.07, 6.45) is 0. The van der Waals surface area contributed by atoms with Crippen molar-refractivity contribution >= 4 is 64.4 Å². The number of carboxylic acids is 1. The molecule has 3 rings (SSSR count).